The third-order valence-corrected chi connectivity index (χ3v) is 6.52. The molecule has 0 saturated carbocycles. The Morgan fingerprint density at radius 1 is 1.36 bits per heavy atom. The number of benzene rings is 1. The van der Waals surface area contributed by atoms with Crippen LogP contribution in [0.3, 0.4) is 0 Å². The van der Waals surface area contributed by atoms with Crippen molar-refractivity contribution in [1.82, 2.24) is 20.1 Å². The van der Waals surface area contributed by atoms with Gasteiger partial charge in [0.05, 0.1) is 13.2 Å². The number of hydrogen-bond donors (Lipinski definition) is 1. The van der Waals surface area contributed by atoms with Crippen molar-refractivity contribution in [3.05, 3.63) is 36.0 Å². The van der Waals surface area contributed by atoms with E-state index in [1.54, 1.807) is 13.3 Å². The molecule has 6 nitrogen and oxygen atoms in total. The molecule has 2 aliphatic rings. The Bertz CT molecular complexity index is 863. The van der Waals surface area contributed by atoms with Crippen LogP contribution in [0, 0.1) is 5.41 Å². The van der Waals surface area contributed by atoms with Gasteiger partial charge in [0, 0.05) is 31.7 Å². The molecule has 4 rings (SSSR count). The van der Waals surface area contributed by atoms with Gasteiger partial charge in [-0.25, -0.2) is 0 Å². The number of pyridine rings is 1. The highest BCUT2D eigenvalue weighted by Gasteiger charge is 2.46. The van der Waals surface area contributed by atoms with Crippen molar-refractivity contribution in [3.63, 3.8) is 0 Å². The molecule has 1 atom stereocenters. The summed E-state index contributed by atoms with van der Waals surface area (Å²) in [6.07, 6.45) is 5.08. The topological polar surface area (TPSA) is 57.7 Å². The number of ether oxygens (including phenoxy) is 1. The zero-order chi connectivity index (χ0) is 19.7. The Kier molecular flexibility index (Phi) is 5.25. The van der Waals surface area contributed by atoms with Gasteiger partial charge in [0.1, 0.15) is 11.3 Å². The van der Waals surface area contributed by atoms with Crippen molar-refractivity contribution in [2.45, 2.75) is 31.8 Å². The smallest absolute Gasteiger partial charge is 0.239 e. The fraction of sp³-hybridized carbons (Fsp3) is 0.545. The number of carbonyl (C=O) groups is 1. The highest BCUT2D eigenvalue weighted by atomic mass is 16.5. The summed E-state index contributed by atoms with van der Waals surface area (Å²) >= 11 is 0. The first-order valence-electron chi connectivity index (χ1n) is 10.1. The van der Waals surface area contributed by atoms with Gasteiger partial charge in [-0.05, 0) is 62.5 Å². The van der Waals surface area contributed by atoms with Crippen LogP contribution in [-0.2, 0) is 11.3 Å². The summed E-state index contributed by atoms with van der Waals surface area (Å²) in [5.41, 5.74) is 2.24. The van der Waals surface area contributed by atoms with Crippen LogP contribution < -0.4 is 10.1 Å². The number of aromatic nitrogens is 1. The van der Waals surface area contributed by atoms with E-state index in [9.17, 15) is 4.79 Å². The van der Waals surface area contributed by atoms with E-state index in [0.717, 1.165) is 48.3 Å². The molecule has 0 radical (unpaired) electrons. The Hall–Kier alpha value is -2.18. The second-order valence-electron chi connectivity index (χ2n) is 8.41. The van der Waals surface area contributed by atoms with Gasteiger partial charge in [-0.2, -0.15) is 0 Å². The van der Waals surface area contributed by atoms with Gasteiger partial charge in [-0.3, -0.25) is 14.7 Å². The van der Waals surface area contributed by atoms with Crippen LogP contribution in [0.1, 0.15) is 24.8 Å². The zero-order valence-electron chi connectivity index (χ0n) is 17.1. The molecule has 2 saturated heterocycles. The number of methoxy groups -OCH3 is 1. The molecule has 1 amide bonds. The van der Waals surface area contributed by atoms with Crippen LogP contribution in [0.5, 0.6) is 5.75 Å². The number of fused-ring (bicyclic) bond motifs is 1. The van der Waals surface area contributed by atoms with E-state index in [2.05, 4.69) is 22.2 Å². The minimum Gasteiger partial charge on any atom is -0.494 e. The Morgan fingerprint density at radius 2 is 2.14 bits per heavy atom. The van der Waals surface area contributed by atoms with Crippen LogP contribution >= 0.6 is 0 Å². The van der Waals surface area contributed by atoms with Crippen molar-refractivity contribution in [2.24, 2.45) is 5.41 Å². The highest BCUT2D eigenvalue weighted by molar-refractivity contribution is 5.88. The minimum atomic E-state index is -0.0225. The Labute approximate surface area is 166 Å². The van der Waals surface area contributed by atoms with E-state index < -0.39 is 0 Å². The summed E-state index contributed by atoms with van der Waals surface area (Å²) < 4.78 is 5.44. The molecule has 2 aliphatic heterocycles. The van der Waals surface area contributed by atoms with Gasteiger partial charge in [0.25, 0.3) is 0 Å². The number of likely N-dealkylation sites (tertiary alicyclic amines) is 1. The fourth-order valence-electron chi connectivity index (χ4n) is 4.96. The van der Waals surface area contributed by atoms with Crippen molar-refractivity contribution in [1.29, 1.82) is 0 Å². The molecule has 1 aromatic carbocycles. The maximum Gasteiger partial charge on any atom is 0.239 e. The zero-order valence-corrected chi connectivity index (χ0v) is 17.1. The standard InChI is InChI=1S/C22H30N4O2/c1-25(14-16-6-7-19(28-3)20-17(16)5-4-10-24-20)21(27)18-13-22(15-26(18)2)8-11-23-12-9-22/h4-7,10,18,23H,8-9,11-15H2,1-3H3/t18-/m1/s1. The Morgan fingerprint density at radius 3 is 2.89 bits per heavy atom. The van der Waals surface area contributed by atoms with Crippen molar-refractivity contribution in [3.8, 4) is 5.75 Å². The van der Waals surface area contributed by atoms with Crippen molar-refractivity contribution < 1.29 is 9.53 Å². The fourth-order valence-corrected chi connectivity index (χ4v) is 4.96. The predicted octanol–water partition coefficient (Wildman–Crippen LogP) is 2.28. The summed E-state index contributed by atoms with van der Waals surface area (Å²) in [5.74, 6) is 0.975. The first-order valence-corrected chi connectivity index (χ1v) is 10.1. The van der Waals surface area contributed by atoms with Gasteiger partial charge < -0.3 is 15.0 Å². The largest absolute Gasteiger partial charge is 0.494 e. The summed E-state index contributed by atoms with van der Waals surface area (Å²) in [4.78, 5) is 21.9. The number of carbonyl (C=O) groups excluding carboxylic acids is 1. The molecule has 1 N–H and O–H groups in total. The number of rotatable bonds is 4. The van der Waals surface area contributed by atoms with Crippen molar-refractivity contribution in [2.75, 3.05) is 40.8 Å². The molecule has 2 aromatic rings. The first kappa shape index (κ1) is 19.2. The number of nitrogens with one attached hydrogen (secondary N) is 1. The van der Waals surface area contributed by atoms with Crippen LogP contribution in [0.25, 0.3) is 10.9 Å². The van der Waals surface area contributed by atoms with Crippen LogP contribution in [0.2, 0.25) is 0 Å². The third kappa shape index (κ3) is 3.47. The summed E-state index contributed by atoms with van der Waals surface area (Å²) in [5, 5.41) is 4.48. The van der Waals surface area contributed by atoms with E-state index in [1.165, 1.54) is 12.8 Å². The molecule has 1 spiro atoms. The van der Waals surface area contributed by atoms with Gasteiger partial charge in [-0.15, -0.1) is 0 Å². The number of hydrogen-bond acceptors (Lipinski definition) is 5. The monoisotopic (exact) mass is 382 g/mol. The Balaban J connectivity index is 1.52. The van der Waals surface area contributed by atoms with Crippen LogP contribution in [0.15, 0.2) is 30.5 Å². The van der Waals surface area contributed by atoms with Gasteiger partial charge in [0.2, 0.25) is 5.91 Å². The van der Waals surface area contributed by atoms with Gasteiger partial charge in [0.15, 0.2) is 0 Å². The van der Waals surface area contributed by atoms with E-state index in [4.69, 9.17) is 4.74 Å². The first-order chi connectivity index (χ1) is 13.5. The third-order valence-electron chi connectivity index (χ3n) is 6.52. The average Bonchev–Trinajstić information content (AvgIpc) is 3.03. The second-order valence-corrected chi connectivity index (χ2v) is 8.41. The lowest BCUT2D eigenvalue weighted by atomic mass is 9.77. The van der Waals surface area contributed by atoms with E-state index in [0.29, 0.717) is 12.0 Å². The summed E-state index contributed by atoms with van der Waals surface area (Å²) in [7, 11) is 5.67. The lowest BCUT2D eigenvalue weighted by Crippen LogP contribution is -2.42. The van der Waals surface area contributed by atoms with Crippen LogP contribution in [0.4, 0.5) is 0 Å². The number of likely N-dealkylation sites (N-methyl/N-ethyl adjacent to an activating group) is 2. The molecule has 0 aliphatic carbocycles. The van der Waals surface area contributed by atoms with E-state index >= 15 is 0 Å². The molecule has 1 aromatic heterocycles. The van der Waals surface area contributed by atoms with Crippen molar-refractivity contribution >= 4 is 16.8 Å². The van der Waals surface area contributed by atoms with Crippen LogP contribution in [-0.4, -0.2) is 67.6 Å². The lowest BCUT2D eigenvalue weighted by Gasteiger charge is -2.33. The number of amides is 1. The predicted molar refractivity (Wildman–Crippen MR) is 110 cm³/mol. The van der Waals surface area contributed by atoms with Gasteiger partial charge in [-0.1, -0.05) is 12.1 Å². The molecule has 0 unspecified atom stereocenters. The molecular formula is C22H30N4O2. The van der Waals surface area contributed by atoms with E-state index in [-0.39, 0.29) is 11.9 Å². The molecule has 0 bridgehead atoms. The molecule has 6 heteroatoms. The normalized spacial score (nSPS) is 21.9. The van der Waals surface area contributed by atoms with E-state index in [1.807, 2.05) is 36.2 Å². The molecular weight excluding hydrogens is 352 g/mol. The highest BCUT2D eigenvalue weighted by Crippen LogP contribution is 2.41. The maximum atomic E-state index is 13.3. The second kappa shape index (κ2) is 7.68. The summed E-state index contributed by atoms with van der Waals surface area (Å²) in [6.45, 7) is 3.73. The number of piperidine rings is 1. The minimum absolute atomic E-state index is 0.0225. The van der Waals surface area contributed by atoms with Gasteiger partial charge >= 0.3 is 0 Å². The maximum absolute atomic E-state index is 13.3. The molecule has 2 fully saturated rings. The molecule has 3 heterocycles. The lowest BCUT2D eigenvalue weighted by molar-refractivity contribution is -0.134. The summed E-state index contributed by atoms with van der Waals surface area (Å²) in [6, 6.07) is 7.93. The number of nitrogens with zero attached hydrogens (tertiary/aromatic N) is 3. The average molecular weight is 383 g/mol. The quantitative estimate of drug-likeness (QED) is 0.879. The SMILES string of the molecule is COc1ccc(CN(C)C(=O)[C@H]2CC3(CCNCC3)CN2C)c2cccnc12. The molecule has 150 valence electrons. The molecule has 28 heavy (non-hydrogen) atoms.